The monoisotopic (exact) mass is 329 g/mol. The van der Waals surface area contributed by atoms with Crippen molar-refractivity contribution in [3.05, 3.63) is 42.5 Å². The largest absolute Gasteiger partial charge is 0.347 e. The molecule has 0 aliphatic heterocycles. The van der Waals surface area contributed by atoms with Gasteiger partial charge in [0, 0.05) is 29.8 Å². The Morgan fingerprint density at radius 3 is 2.71 bits per heavy atom. The second-order valence-electron chi connectivity index (χ2n) is 6.60. The highest BCUT2D eigenvalue weighted by atomic mass is 16.2. The van der Waals surface area contributed by atoms with Crippen LogP contribution in [0.15, 0.2) is 36.9 Å². The van der Waals surface area contributed by atoms with Gasteiger partial charge in [0.25, 0.3) is 5.91 Å². The van der Waals surface area contributed by atoms with Crippen LogP contribution in [0.5, 0.6) is 0 Å². The molecule has 128 valence electrons. The Morgan fingerprint density at radius 1 is 1.25 bits per heavy atom. The van der Waals surface area contributed by atoms with Gasteiger partial charge in [-0.1, -0.05) is 6.07 Å². The molecule has 0 bridgehead atoms. The maximum Gasteiger partial charge on any atom is 0.251 e. The van der Waals surface area contributed by atoms with Gasteiger partial charge >= 0.3 is 0 Å². The lowest BCUT2D eigenvalue weighted by Crippen LogP contribution is -2.40. The van der Waals surface area contributed by atoms with Gasteiger partial charge in [-0.15, -0.1) is 0 Å². The van der Waals surface area contributed by atoms with Crippen LogP contribution >= 0.6 is 0 Å². The molecule has 0 saturated heterocycles. The molecule has 0 aliphatic carbocycles. The van der Waals surface area contributed by atoms with Crippen molar-refractivity contribution in [1.82, 2.24) is 20.1 Å². The van der Waals surface area contributed by atoms with Crippen LogP contribution in [0.3, 0.4) is 0 Å². The van der Waals surface area contributed by atoms with E-state index < -0.39 is 0 Å². The molecule has 0 aliphatic rings. The first-order valence-corrected chi connectivity index (χ1v) is 7.88. The zero-order valence-electron chi connectivity index (χ0n) is 14.2. The fraction of sp³-hybridized carbons (Fsp3) is 0.412. The zero-order chi connectivity index (χ0) is 17.6. The fourth-order valence-corrected chi connectivity index (χ4v) is 2.12. The molecule has 2 amide bonds. The molecule has 0 atom stereocenters. The first kappa shape index (κ1) is 17.7. The van der Waals surface area contributed by atoms with E-state index in [1.54, 1.807) is 35.3 Å². The minimum Gasteiger partial charge on any atom is -0.347 e. The summed E-state index contributed by atoms with van der Waals surface area (Å²) in [6.07, 6.45) is 4.13. The summed E-state index contributed by atoms with van der Waals surface area (Å²) in [6, 6.07) is 6.92. The number of aromatic nitrogens is 3. The van der Waals surface area contributed by atoms with E-state index >= 15 is 0 Å². The minimum atomic E-state index is -0.308. The lowest BCUT2D eigenvalue weighted by atomic mass is 10.1. The highest BCUT2D eigenvalue weighted by Gasteiger charge is 2.15. The lowest BCUT2D eigenvalue weighted by Gasteiger charge is -2.20. The van der Waals surface area contributed by atoms with Crippen molar-refractivity contribution < 1.29 is 9.59 Å². The van der Waals surface area contributed by atoms with Crippen molar-refractivity contribution >= 4 is 17.5 Å². The molecule has 0 radical (unpaired) electrons. The molecule has 1 aromatic carbocycles. The van der Waals surface area contributed by atoms with E-state index in [1.165, 1.54) is 6.33 Å². The summed E-state index contributed by atoms with van der Waals surface area (Å²) >= 11 is 0. The maximum absolute atomic E-state index is 12.2. The number of nitrogens with one attached hydrogen (secondary N) is 2. The van der Waals surface area contributed by atoms with Crippen LogP contribution in [0.4, 0.5) is 5.69 Å². The minimum absolute atomic E-state index is 0.0940. The van der Waals surface area contributed by atoms with E-state index in [4.69, 9.17) is 0 Å². The molecule has 1 heterocycles. The van der Waals surface area contributed by atoms with Gasteiger partial charge in [-0.2, -0.15) is 5.10 Å². The number of benzene rings is 1. The van der Waals surface area contributed by atoms with Gasteiger partial charge in [-0.25, -0.2) is 4.98 Å². The van der Waals surface area contributed by atoms with Crippen molar-refractivity contribution in [1.29, 1.82) is 0 Å². The number of aryl methyl sites for hydroxylation is 1. The van der Waals surface area contributed by atoms with Crippen LogP contribution in [0.25, 0.3) is 0 Å². The van der Waals surface area contributed by atoms with Crippen LogP contribution < -0.4 is 10.6 Å². The van der Waals surface area contributed by atoms with E-state index in [0.29, 0.717) is 30.6 Å². The molecule has 7 nitrogen and oxygen atoms in total. The number of anilines is 1. The molecular weight excluding hydrogens is 306 g/mol. The van der Waals surface area contributed by atoms with Crippen LogP contribution in [-0.2, 0) is 11.3 Å². The average Bonchev–Trinajstić information content (AvgIpc) is 2.99. The van der Waals surface area contributed by atoms with E-state index in [2.05, 4.69) is 20.7 Å². The van der Waals surface area contributed by atoms with E-state index in [1.807, 2.05) is 20.8 Å². The van der Waals surface area contributed by atoms with Crippen molar-refractivity contribution in [2.45, 2.75) is 45.7 Å². The fourth-order valence-electron chi connectivity index (χ4n) is 2.12. The van der Waals surface area contributed by atoms with Crippen molar-refractivity contribution in [2.24, 2.45) is 0 Å². The normalized spacial score (nSPS) is 11.1. The summed E-state index contributed by atoms with van der Waals surface area (Å²) in [5, 5.41) is 9.70. The molecule has 1 aromatic heterocycles. The SMILES string of the molecule is CC(C)(C)NC(=O)c1cccc(NC(=O)CCCn2cncn2)c1. The molecule has 2 N–H and O–H groups in total. The molecule has 2 aromatic rings. The second-order valence-corrected chi connectivity index (χ2v) is 6.60. The number of amides is 2. The van der Waals surface area contributed by atoms with Crippen LogP contribution in [0.2, 0.25) is 0 Å². The number of carbonyl (C=O) groups excluding carboxylic acids is 2. The Bertz CT molecular complexity index is 689. The number of rotatable bonds is 6. The predicted octanol–water partition coefficient (Wildman–Crippen LogP) is 2.23. The van der Waals surface area contributed by atoms with Gasteiger partial charge in [0.15, 0.2) is 0 Å². The molecule has 24 heavy (non-hydrogen) atoms. The Labute approximate surface area is 141 Å². The first-order valence-electron chi connectivity index (χ1n) is 7.88. The number of nitrogens with zero attached hydrogens (tertiary/aromatic N) is 3. The summed E-state index contributed by atoms with van der Waals surface area (Å²) in [4.78, 5) is 28.0. The maximum atomic E-state index is 12.2. The highest BCUT2D eigenvalue weighted by molar-refractivity contribution is 5.97. The van der Waals surface area contributed by atoms with Crippen molar-refractivity contribution in [3.63, 3.8) is 0 Å². The third kappa shape index (κ3) is 5.83. The van der Waals surface area contributed by atoms with Crippen LogP contribution in [-0.4, -0.2) is 32.1 Å². The molecule has 0 spiro atoms. The highest BCUT2D eigenvalue weighted by Crippen LogP contribution is 2.13. The molecule has 0 unspecified atom stereocenters. The van der Waals surface area contributed by atoms with E-state index in [9.17, 15) is 9.59 Å². The van der Waals surface area contributed by atoms with Gasteiger partial charge in [-0.05, 0) is 45.4 Å². The van der Waals surface area contributed by atoms with Gasteiger partial charge in [0.05, 0.1) is 0 Å². The summed E-state index contributed by atoms with van der Waals surface area (Å²) in [5.41, 5.74) is 0.824. The third-order valence-corrected chi connectivity index (χ3v) is 3.15. The Balaban J connectivity index is 1.86. The Hall–Kier alpha value is -2.70. The van der Waals surface area contributed by atoms with Crippen LogP contribution in [0.1, 0.15) is 44.0 Å². The number of hydrogen-bond donors (Lipinski definition) is 2. The quantitative estimate of drug-likeness (QED) is 0.850. The topological polar surface area (TPSA) is 88.9 Å². The summed E-state index contributed by atoms with van der Waals surface area (Å²) < 4.78 is 1.69. The molecule has 2 rings (SSSR count). The number of carbonyl (C=O) groups is 2. The van der Waals surface area contributed by atoms with Gasteiger partial charge in [-0.3, -0.25) is 14.3 Å². The van der Waals surface area contributed by atoms with Gasteiger partial charge < -0.3 is 10.6 Å². The third-order valence-electron chi connectivity index (χ3n) is 3.15. The van der Waals surface area contributed by atoms with E-state index in [-0.39, 0.29) is 17.4 Å². The van der Waals surface area contributed by atoms with E-state index in [0.717, 1.165) is 0 Å². The predicted molar refractivity (Wildman–Crippen MR) is 91.5 cm³/mol. The molecule has 0 fully saturated rings. The molecule has 7 heteroatoms. The smallest absolute Gasteiger partial charge is 0.251 e. The van der Waals surface area contributed by atoms with Crippen molar-refractivity contribution in [3.8, 4) is 0 Å². The first-order chi connectivity index (χ1) is 11.3. The summed E-state index contributed by atoms with van der Waals surface area (Å²) in [6.45, 7) is 6.41. The summed E-state index contributed by atoms with van der Waals surface area (Å²) in [7, 11) is 0. The second kappa shape index (κ2) is 7.72. The zero-order valence-corrected chi connectivity index (χ0v) is 14.2. The summed E-state index contributed by atoms with van der Waals surface area (Å²) in [5.74, 6) is -0.256. The van der Waals surface area contributed by atoms with Crippen molar-refractivity contribution in [2.75, 3.05) is 5.32 Å². The Morgan fingerprint density at radius 2 is 2.04 bits per heavy atom. The standard InChI is InChI=1S/C17H23N5O2/c1-17(2,3)21-16(24)13-6-4-7-14(10-13)20-15(23)8-5-9-22-12-18-11-19-22/h4,6-7,10-12H,5,8-9H2,1-3H3,(H,20,23)(H,21,24). The van der Waals surface area contributed by atoms with Gasteiger partial charge in [0.1, 0.15) is 12.7 Å². The van der Waals surface area contributed by atoms with Crippen LogP contribution in [0, 0.1) is 0 Å². The molecular formula is C17H23N5O2. The van der Waals surface area contributed by atoms with Gasteiger partial charge in [0.2, 0.25) is 5.91 Å². The number of hydrogen-bond acceptors (Lipinski definition) is 4. The average molecular weight is 329 g/mol. The lowest BCUT2D eigenvalue weighted by molar-refractivity contribution is -0.116. The Kier molecular flexibility index (Phi) is 5.68. The molecule has 0 saturated carbocycles.